The van der Waals surface area contributed by atoms with E-state index < -0.39 is 0 Å². The fourth-order valence-corrected chi connectivity index (χ4v) is 2.78. The van der Waals surface area contributed by atoms with Gasteiger partial charge in [0.05, 0.1) is 28.8 Å². The van der Waals surface area contributed by atoms with Crippen molar-refractivity contribution in [2.75, 3.05) is 31.7 Å². The van der Waals surface area contributed by atoms with Crippen molar-refractivity contribution in [1.82, 2.24) is 4.98 Å². The number of rotatable bonds is 10. The van der Waals surface area contributed by atoms with Gasteiger partial charge in [0, 0.05) is 11.6 Å². The van der Waals surface area contributed by atoms with Crippen molar-refractivity contribution in [1.29, 1.82) is 5.26 Å². The highest BCUT2D eigenvalue weighted by Gasteiger charge is 2.18. The SMILES string of the molecule is N#Cc1nc(-c2cc(Cl)cc(Cl)c2Cl)oc1NCCOCCO/C(N)=C/C=C\N. The van der Waals surface area contributed by atoms with Gasteiger partial charge in [0.2, 0.25) is 17.5 Å². The minimum atomic E-state index is 0.0707. The molecule has 2 rings (SSSR count). The molecular weight excluding hydrogens is 441 g/mol. The first-order valence-corrected chi connectivity index (χ1v) is 9.44. The smallest absolute Gasteiger partial charge is 0.232 e. The van der Waals surface area contributed by atoms with Crippen molar-refractivity contribution >= 4 is 40.7 Å². The molecule has 0 amide bonds. The predicted molar refractivity (Wildman–Crippen MR) is 113 cm³/mol. The van der Waals surface area contributed by atoms with Gasteiger partial charge >= 0.3 is 0 Å². The van der Waals surface area contributed by atoms with Gasteiger partial charge in [0.1, 0.15) is 12.7 Å². The molecule has 0 atom stereocenters. The average Bonchev–Trinajstić information content (AvgIpc) is 3.11. The number of nitrogens with one attached hydrogen (secondary N) is 1. The van der Waals surface area contributed by atoms with E-state index in [1.807, 2.05) is 6.07 Å². The van der Waals surface area contributed by atoms with E-state index in [0.29, 0.717) is 30.3 Å². The lowest BCUT2D eigenvalue weighted by atomic mass is 10.2. The summed E-state index contributed by atoms with van der Waals surface area (Å²) < 4.78 is 16.2. The monoisotopic (exact) mass is 457 g/mol. The van der Waals surface area contributed by atoms with Crippen LogP contribution < -0.4 is 16.8 Å². The van der Waals surface area contributed by atoms with E-state index in [2.05, 4.69) is 10.3 Å². The van der Waals surface area contributed by atoms with Gasteiger partial charge in [-0.3, -0.25) is 0 Å². The van der Waals surface area contributed by atoms with Crippen LogP contribution in [0.2, 0.25) is 15.1 Å². The number of oxazole rings is 1. The van der Waals surface area contributed by atoms with E-state index in [0.717, 1.165) is 0 Å². The molecule has 0 fully saturated rings. The number of aromatic nitrogens is 1. The Hall–Kier alpha value is -2.57. The molecule has 1 aromatic heterocycles. The summed E-state index contributed by atoms with van der Waals surface area (Å²) in [6.45, 7) is 1.31. The highest BCUT2D eigenvalue weighted by atomic mass is 35.5. The van der Waals surface area contributed by atoms with E-state index in [1.165, 1.54) is 18.3 Å². The first-order valence-electron chi connectivity index (χ1n) is 8.30. The van der Waals surface area contributed by atoms with Crippen LogP contribution in [0.1, 0.15) is 5.69 Å². The van der Waals surface area contributed by atoms with E-state index >= 15 is 0 Å². The van der Waals surface area contributed by atoms with Gasteiger partial charge in [-0.25, -0.2) is 0 Å². The predicted octanol–water partition coefficient (Wildman–Crippen LogP) is 3.89. The lowest BCUT2D eigenvalue weighted by molar-refractivity contribution is 0.0804. The van der Waals surface area contributed by atoms with Crippen molar-refractivity contribution in [3.8, 4) is 17.5 Å². The molecule has 1 aromatic carbocycles. The molecule has 29 heavy (non-hydrogen) atoms. The molecule has 0 aliphatic carbocycles. The Morgan fingerprint density at radius 2 is 2.07 bits per heavy atom. The molecule has 0 unspecified atom stereocenters. The normalized spacial score (nSPS) is 11.6. The van der Waals surface area contributed by atoms with Crippen LogP contribution in [0.25, 0.3) is 11.5 Å². The molecule has 5 N–H and O–H groups in total. The Bertz CT molecular complexity index is 938. The third kappa shape index (κ3) is 6.76. The molecule has 0 bridgehead atoms. The van der Waals surface area contributed by atoms with E-state index in [-0.39, 0.29) is 40.0 Å². The number of hydrogen-bond acceptors (Lipinski definition) is 8. The number of nitriles is 1. The van der Waals surface area contributed by atoms with Crippen molar-refractivity contribution in [3.05, 3.63) is 57.1 Å². The van der Waals surface area contributed by atoms with Crippen LogP contribution in [0.4, 0.5) is 5.88 Å². The Morgan fingerprint density at radius 3 is 2.79 bits per heavy atom. The molecule has 0 saturated heterocycles. The molecule has 2 aromatic rings. The van der Waals surface area contributed by atoms with Crippen molar-refractivity contribution in [2.45, 2.75) is 0 Å². The maximum absolute atomic E-state index is 9.27. The maximum Gasteiger partial charge on any atom is 0.232 e. The number of anilines is 1. The van der Waals surface area contributed by atoms with Crippen molar-refractivity contribution < 1.29 is 13.9 Å². The topological polar surface area (TPSA) is 132 Å². The Morgan fingerprint density at radius 1 is 1.28 bits per heavy atom. The van der Waals surface area contributed by atoms with Crippen LogP contribution in [0.15, 0.2) is 40.8 Å². The third-order valence-electron chi connectivity index (χ3n) is 3.36. The second-order valence-corrected chi connectivity index (χ2v) is 6.62. The number of allylic oxidation sites excluding steroid dienone is 2. The van der Waals surface area contributed by atoms with Crippen LogP contribution >= 0.6 is 34.8 Å². The van der Waals surface area contributed by atoms with Crippen molar-refractivity contribution in [3.63, 3.8) is 0 Å². The minimum Gasteiger partial charge on any atom is -0.477 e. The average molecular weight is 459 g/mol. The summed E-state index contributed by atoms with van der Waals surface area (Å²) in [5.41, 5.74) is 11.2. The zero-order chi connectivity index (χ0) is 21.2. The highest BCUT2D eigenvalue weighted by Crippen LogP contribution is 2.37. The molecule has 0 radical (unpaired) electrons. The lowest BCUT2D eigenvalue weighted by Crippen LogP contribution is -2.14. The summed E-state index contributed by atoms with van der Waals surface area (Å²) in [5.74, 6) is 0.554. The van der Waals surface area contributed by atoms with Gasteiger partial charge in [-0.05, 0) is 30.5 Å². The zero-order valence-electron chi connectivity index (χ0n) is 15.1. The fourth-order valence-electron chi connectivity index (χ4n) is 2.10. The Labute approximate surface area is 182 Å². The Balaban J connectivity index is 1.87. The molecule has 154 valence electrons. The molecule has 11 heteroatoms. The van der Waals surface area contributed by atoms with Gasteiger partial charge in [-0.2, -0.15) is 10.2 Å². The number of hydrogen-bond donors (Lipinski definition) is 3. The molecule has 1 heterocycles. The summed E-state index contributed by atoms with van der Waals surface area (Å²) in [6.07, 6.45) is 4.44. The molecule has 0 aliphatic heterocycles. The van der Waals surface area contributed by atoms with Crippen molar-refractivity contribution in [2.24, 2.45) is 11.5 Å². The summed E-state index contributed by atoms with van der Waals surface area (Å²) in [7, 11) is 0. The number of nitrogens with two attached hydrogens (primary N) is 2. The van der Waals surface area contributed by atoms with E-state index in [4.69, 9.17) is 60.2 Å². The number of halogens is 3. The molecule has 0 spiro atoms. The van der Waals surface area contributed by atoms with Crippen LogP contribution in [0, 0.1) is 11.3 Å². The molecular formula is C18H18Cl3N5O3. The fraction of sp³-hybridized carbons (Fsp3) is 0.222. The summed E-state index contributed by atoms with van der Waals surface area (Å²) in [5, 5.41) is 13.1. The Kier molecular flexibility index (Phi) is 8.96. The zero-order valence-corrected chi connectivity index (χ0v) is 17.4. The maximum atomic E-state index is 9.27. The second-order valence-electron chi connectivity index (χ2n) is 5.40. The van der Waals surface area contributed by atoms with E-state index in [9.17, 15) is 5.26 Å². The molecule has 8 nitrogen and oxygen atoms in total. The number of ether oxygens (including phenoxy) is 2. The third-order valence-corrected chi connectivity index (χ3v) is 4.38. The van der Waals surface area contributed by atoms with Gasteiger partial charge in [-0.1, -0.05) is 34.8 Å². The largest absolute Gasteiger partial charge is 0.477 e. The molecule has 0 aliphatic rings. The summed E-state index contributed by atoms with van der Waals surface area (Å²) in [6, 6.07) is 5.01. The summed E-state index contributed by atoms with van der Waals surface area (Å²) in [4.78, 5) is 4.13. The quantitative estimate of drug-likeness (QED) is 0.211. The van der Waals surface area contributed by atoms with Gasteiger partial charge < -0.3 is 30.7 Å². The van der Waals surface area contributed by atoms with Crippen LogP contribution in [0.3, 0.4) is 0 Å². The first-order chi connectivity index (χ1) is 14.0. The first kappa shape index (κ1) is 22.7. The highest BCUT2D eigenvalue weighted by molar-refractivity contribution is 6.44. The second kappa shape index (κ2) is 11.4. The van der Waals surface area contributed by atoms with Crippen LogP contribution in [0.5, 0.6) is 0 Å². The van der Waals surface area contributed by atoms with Gasteiger partial charge in [0.25, 0.3) is 0 Å². The lowest BCUT2D eigenvalue weighted by Gasteiger charge is -2.07. The molecule has 0 saturated carbocycles. The number of benzene rings is 1. The standard InChI is InChI=1S/C18H18Cl3N5O3/c19-11-8-12(16(21)13(20)9-11)17-26-14(10-23)18(29-17)25-4-5-27-6-7-28-15(24)2-1-3-22/h1-3,8-9,25H,4-7,22,24H2/b3-1-,15-2+. The summed E-state index contributed by atoms with van der Waals surface area (Å²) >= 11 is 18.2. The van der Waals surface area contributed by atoms with E-state index in [1.54, 1.807) is 12.1 Å². The minimum absolute atomic E-state index is 0.0707. The van der Waals surface area contributed by atoms with Gasteiger partial charge in [0.15, 0.2) is 5.88 Å². The number of nitrogens with zero attached hydrogens (tertiary/aromatic N) is 2. The van der Waals surface area contributed by atoms with Gasteiger partial charge in [-0.15, -0.1) is 0 Å². The van der Waals surface area contributed by atoms with Crippen LogP contribution in [-0.2, 0) is 9.47 Å². The van der Waals surface area contributed by atoms with Crippen LogP contribution in [-0.4, -0.2) is 31.3 Å².